The maximum atomic E-state index is 13.3. The number of aromatic nitrogens is 3. The SMILES string of the molecule is COc1cc(C)[nH]c(=O)c1CNC(=O)c1c(C)n([C@@H](C)C2CCOCC2)c2ncccc12. The van der Waals surface area contributed by atoms with Gasteiger partial charge in [-0.15, -0.1) is 0 Å². The second-order valence-corrected chi connectivity index (χ2v) is 8.41. The lowest BCUT2D eigenvalue weighted by molar-refractivity contribution is 0.0516. The summed E-state index contributed by atoms with van der Waals surface area (Å²) >= 11 is 0. The number of fused-ring (bicyclic) bond motifs is 1. The first-order chi connectivity index (χ1) is 15.4. The highest BCUT2D eigenvalue weighted by Gasteiger charge is 2.28. The molecule has 0 spiro atoms. The van der Waals surface area contributed by atoms with Crippen molar-refractivity contribution in [3.05, 3.63) is 57.3 Å². The molecule has 0 unspecified atom stereocenters. The van der Waals surface area contributed by atoms with Gasteiger partial charge in [0.15, 0.2) is 0 Å². The van der Waals surface area contributed by atoms with Gasteiger partial charge in [0.05, 0.1) is 24.8 Å². The highest BCUT2D eigenvalue weighted by atomic mass is 16.5. The first kappa shape index (κ1) is 22.1. The van der Waals surface area contributed by atoms with Crippen LogP contribution < -0.4 is 15.6 Å². The minimum Gasteiger partial charge on any atom is -0.496 e. The largest absolute Gasteiger partial charge is 0.496 e. The number of pyridine rings is 2. The number of methoxy groups -OCH3 is 1. The number of ether oxygens (including phenoxy) is 2. The molecule has 4 rings (SSSR count). The maximum Gasteiger partial charge on any atom is 0.256 e. The van der Waals surface area contributed by atoms with Crippen LogP contribution in [0.2, 0.25) is 0 Å². The molecule has 2 N–H and O–H groups in total. The van der Waals surface area contributed by atoms with Gasteiger partial charge in [0.25, 0.3) is 11.5 Å². The Morgan fingerprint density at radius 3 is 2.84 bits per heavy atom. The zero-order valence-electron chi connectivity index (χ0n) is 19.0. The minimum absolute atomic E-state index is 0.0690. The van der Waals surface area contributed by atoms with E-state index >= 15 is 0 Å². The molecule has 0 bridgehead atoms. The van der Waals surface area contributed by atoms with E-state index in [9.17, 15) is 9.59 Å². The van der Waals surface area contributed by atoms with Crippen LogP contribution in [-0.2, 0) is 11.3 Å². The van der Waals surface area contributed by atoms with Crippen LogP contribution in [-0.4, -0.2) is 40.8 Å². The molecule has 1 aliphatic rings. The monoisotopic (exact) mass is 438 g/mol. The van der Waals surface area contributed by atoms with Crippen LogP contribution in [0, 0.1) is 19.8 Å². The maximum absolute atomic E-state index is 13.3. The number of rotatable bonds is 6. The van der Waals surface area contributed by atoms with Crippen LogP contribution in [0.25, 0.3) is 11.0 Å². The molecule has 1 amide bonds. The molecule has 1 atom stereocenters. The predicted octanol–water partition coefficient (Wildman–Crippen LogP) is 3.27. The third kappa shape index (κ3) is 4.02. The van der Waals surface area contributed by atoms with E-state index in [2.05, 4.69) is 26.8 Å². The molecule has 1 aliphatic heterocycles. The molecular weight excluding hydrogens is 408 g/mol. The fourth-order valence-corrected chi connectivity index (χ4v) is 4.75. The Morgan fingerprint density at radius 2 is 2.12 bits per heavy atom. The summed E-state index contributed by atoms with van der Waals surface area (Å²) in [4.78, 5) is 33.1. The topological polar surface area (TPSA) is 98.2 Å². The molecule has 1 fully saturated rings. The molecule has 3 aromatic rings. The Hall–Kier alpha value is -3.13. The van der Waals surface area contributed by atoms with Gasteiger partial charge in [-0.25, -0.2) is 4.98 Å². The summed E-state index contributed by atoms with van der Waals surface area (Å²) in [6.45, 7) is 7.54. The zero-order valence-corrected chi connectivity index (χ0v) is 19.0. The second kappa shape index (κ2) is 9.16. The summed E-state index contributed by atoms with van der Waals surface area (Å²) < 4.78 is 13.1. The Balaban J connectivity index is 1.67. The van der Waals surface area contributed by atoms with Crippen LogP contribution in [0.1, 0.15) is 53.1 Å². The van der Waals surface area contributed by atoms with E-state index in [1.165, 1.54) is 7.11 Å². The lowest BCUT2D eigenvalue weighted by atomic mass is 9.92. The Bertz CT molecular complexity index is 1190. The van der Waals surface area contributed by atoms with Crippen LogP contribution >= 0.6 is 0 Å². The van der Waals surface area contributed by atoms with Gasteiger partial charge in [0, 0.05) is 42.2 Å². The minimum atomic E-state index is -0.267. The predicted molar refractivity (Wildman–Crippen MR) is 122 cm³/mol. The van der Waals surface area contributed by atoms with Crippen molar-refractivity contribution in [2.45, 2.75) is 46.2 Å². The Kier molecular flexibility index (Phi) is 6.32. The van der Waals surface area contributed by atoms with E-state index in [0.717, 1.165) is 42.8 Å². The van der Waals surface area contributed by atoms with Gasteiger partial charge in [0.1, 0.15) is 11.4 Å². The number of hydrogen-bond acceptors (Lipinski definition) is 5. The highest BCUT2D eigenvalue weighted by molar-refractivity contribution is 6.07. The second-order valence-electron chi connectivity index (χ2n) is 8.41. The Morgan fingerprint density at radius 1 is 1.38 bits per heavy atom. The van der Waals surface area contributed by atoms with E-state index in [4.69, 9.17) is 9.47 Å². The van der Waals surface area contributed by atoms with Crippen molar-refractivity contribution in [2.75, 3.05) is 20.3 Å². The standard InChI is InChI=1S/C24H30N4O4/c1-14-12-20(31-4)19(23(29)27-14)13-26-24(30)21-16(3)28(22-18(21)6-5-9-25-22)15(2)17-7-10-32-11-8-17/h5-6,9,12,15,17H,7-8,10-11,13H2,1-4H3,(H,26,30)(H,27,29)/t15-/m0/s1. The molecule has 8 heteroatoms. The first-order valence-electron chi connectivity index (χ1n) is 11.0. The van der Waals surface area contributed by atoms with Crippen molar-refractivity contribution >= 4 is 16.9 Å². The number of hydrogen-bond donors (Lipinski definition) is 2. The average molecular weight is 439 g/mol. The normalized spacial score (nSPS) is 15.6. The number of nitrogens with one attached hydrogen (secondary N) is 2. The number of nitrogens with zero attached hydrogens (tertiary/aromatic N) is 2. The van der Waals surface area contributed by atoms with Crippen LogP contribution in [0.5, 0.6) is 5.75 Å². The molecule has 1 saturated heterocycles. The summed E-state index contributed by atoms with van der Waals surface area (Å²) in [6.07, 6.45) is 3.74. The summed E-state index contributed by atoms with van der Waals surface area (Å²) in [6, 6.07) is 5.71. The molecule has 0 aliphatic carbocycles. The van der Waals surface area contributed by atoms with Gasteiger partial charge in [-0.3, -0.25) is 9.59 Å². The lowest BCUT2D eigenvalue weighted by Crippen LogP contribution is -2.28. The molecule has 170 valence electrons. The van der Waals surface area contributed by atoms with E-state index < -0.39 is 0 Å². The molecule has 8 nitrogen and oxygen atoms in total. The number of H-pyrrole nitrogens is 1. The third-order valence-electron chi connectivity index (χ3n) is 6.47. The van der Waals surface area contributed by atoms with Crippen molar-refractivity contribution in [3.63, 3.8) is 0 Å². The van der Waals surface area contributed by atoms with Gasteiger partial charge in [-0.05, 0) is 57.7 Å². The fraction of sp³-hybridized carbons (Fsp3) is 0.458. The van der Waals surface area contributed by atoms with Crippen LogP contribution in [0.4, 0.5) is 0 Å². The molecule has 0 aromatic carbocycles. The number of carbonyl (C=O) groups is 1. The quantitative estimate of drug-likeness (QED) is 0.616. The van der Waals surface area contributed by atoms with Gasteiger partial charge >= 0.3 is 0 Å². The molecule has 0 radical (unpaired) electrons. The van der Waals surface area contributed by atoms with Crippen molar-refractivity contribution in [1.29, 1.82) is 0 Å². The highest BCUT2D eigenvalue weighted by Crippen LogP contribution is 2.34. The van der Waals surface area contributed by atoms with Crippen molar-refractivity contribution in [2.24, 2.45) is 5.92 Å². The smallest absolute Gasteiger partial charge is 0.256 e. The van der Waals surface area contributed by atoms with Gasteiger partial charge in [-0.1, -0.05) is 0 Å². The van der Waals surface area contributed by atoms with Gasteiger partial charge < -0.3 is 24.3 Å². The molecule has 4 heterocycles. The lowest BCUT2D eigenvalue weighted by Gasteiger charge is -2.30. The number of amides is 1. The van der Waals surface area contributed by atoms with E-state index in [1.807, 2.05) is 19.1 Å². The molecular formula is C24H30N4O4. The number of aromatic amines is 1. The molecule has 0 saturated carbocycles. The average Bonchev–Trinajstić information content (AvgIpc) is 3.09. The van der Waals surface area contributed by atoms with Crippen LogP contribution in [0.15, 0.2) is 29.2 Å². The van der Waals surface area contributed by atoms with E-state index in [1.54, 1.807) is 19.2 Å². The van der Waals surface area contributed by atoms with Crippen molar-refractivity contribution in [1.82, 2.24) is 19.9 Å². The van der Waals surface area contributed by atoms with Gasteiger partial charge in [-0.2, -0.15) is 0 Å². The molecule has 32 heavy (non-hydrogen) atoms. The van der Waals surface area contributed by atoms with Crippen molar-refractivity contribution < 1.29 is 14.3 Å². The summed E-state index contributed by atoms with van der Waals surface area (Å²) in [5.74, 6) is 0.687. The zero-order chi connectivity index (χ0) is 22.8. The Labute approximate surface area is 187 Å². The number of aryl methyl sites for hydroxylation is 1. The first-order valence-corrected chi connectivity index (χ1v) is 11.0. The summed E-state index contributed by atoms with van der Waals surface area (Å²) in [5.41, 5.74) is 3.10. The van der Waals surface area contributed by atoms with E-state index in [0.29, 0.717) is 28.5 Å². The van der Waals surface area contributed by atoms with Crippen LogP contribution in [0.3, 0.4) is 0 Å². The summed E-state index contributed by atoms with van der Waals surface area (Å²) in [5, 5.41) is 3.73. The third-order valence-corrected chi connectivity index (χ3v) is 6.47. The summed E-state index contributed by atoms with van der Waals surface area (Å²) in [7, 11) is 1.51. The number of carbonyl (C=O) groups excluding carboxylic acids is 1. The van der Waals surface area contributed by atoms with Crippen molar-refractivity contribution in [3.8, 4) is 5.75 Å². The molecule has 3 aromatic heterocycles. The van der Waals surface area contributed by atoms with Gasteiger partial charge in [0.2, 0.25) is 0 Å². The fourth-order valence-electron chi connectivity index (χ4n) is 4.75. The van der Waals surface area contributed by atoms with E-state index in [-0.39, 0.29) is 24.1 Å².